The van der Waals surface area contributed by atoms with E-state index in [1.165, 1.54) is 16.9 Å². The zero-order valence-electron chi connectivity index (χ0n) is 14.1. The molecule has 1 N–H and O–H groups in total. The summed E-state index contributed by atoms with van der Waals surface area (Å²) >= 11 is 1.49. The number of nitrogens with one attached hydrogen (secondary N) is 1. The molecule has 1 aromatic heterocycles. The maximum atomic E-state index is 13.3. The summed E-state index contributed by atoms with van der Waals surface area (Å²) in [4.78, 5) is 16.1. The van der Waals surface area contributed by atoms with Gasteiger partial charge in [0.25, 0.3) is 5.91 Å². The molecule has 0 radical (unpaired) electrons. The summed E-state index contributed by atoms with van der Waals surface area (Å²) in [7, 11) is 0. The Kier molecular flexibility index (Phi) is 4.28. The molecule has 2 heterocycles. The first kappa shape index (κ1) is 15.9. The minimum absolute atomic E-state index is 0.0180. The minimum Gasteiger partial charge on any atom is -0.382 e. The topological polar surface area (TPSA) is 32.3 Å². The lowest BCUT2D eigenvalue weighted by molar-refractivity contribution is 0.0978. The zero-order valence-corrected chi connectivity index (χ0v) is 14.9. The highest BCUT2D eigenvalue weighted by atomic mass is 32.1. The average molecular weight is 348 g/mol. The maximum absolute atomic E-state index is 13.3. The fourth-order valence-corrected chi connectivity index (χ4v) is 4.16. The molecule has 2 atom stereocenters. The lowest BCUT2D eigenvalue weighted by atomic mass is 9.91. The molecule has 3 aromatic rings. The second kappa shape index (κ2) is 6.73. The summed E-state index contributed by atoms with van der Waals surface area (Å²) in [6.45, 7) is 2.17. The van der Waals surface area contributed by atoms with Gasteiger partial charge in [-0.1, -0.05) is 42.5 Å². The fraction of sp³-hybridized carbons (Fsp3) is 0.190. The Hall–Kier alpha value is -2.59. The van der Waals surface area contributed by atoms with Crippen molar-refractivity contribution in [2.24, 2.45) is 0 Å². The van der Waals surface area contributed by atoms with E-state index in [2.05, 4.69) is 24.4 Å². The number of thiophene rings is 1. The van der Waals surface area contributed by atoms with Crippen molar-refractivity contribution in [3.63, 3.8) is 0 Å². The summed E-state index contributed by atoms with van der Waals surface area (Å²) in [5, 5.41) is 5.49. The van der Waals surface area contributed by atoms with E-state index in [0.717, 1.165) is 22.7 Å². The normalized spacial score (nSPS) is 18.9. The summed E-state index contributed by atoms with van der Waals surface area (Å²) in [5.74, 6) is 0.0649. The molecule has 126 valence electrons. The van der Waals surface area contributed by atoms with E-state index in [-0.39, 0.29) is 11.9 Å². The van der Waals surface area contributed by atoms with Crippen molar-refractivity contribution >= 4 is 28.6 Å². The van der Waals surface area contributed by atoms with Crippen molar-refractivity contribution in [3.05, 3.63) is 82.6 Å². The van der Waals surface area contributed by atoms with Crippen molar-refractivity contribution in [3.8, 4) is 0 Å². The molecule has 4 rings (SSSR count). The molecule has 1 aliphatic rings. The SMILES string of the molecule is C[C@H]1C[C@@H](N(C(=O)c2cccs2)c2ccccc2)c2ccccc2N1. The van der Waals surface area contributed by atoms with Gasteiger partial charge in [-0.3, -0.25) is 4.79 Å². The largest absolute Gasteiger partial charge is 0.382 e. The first-order valence-electron chi connectivity index (χ1n) is 8.51. The molecular weight excluding hydrogens is 328 g/mol. The van der Waals surface area contributed by atoms with Gasteiger partial charge in [0.15, 0.2) is 0 Å². The molecule has 0 bridgehead atoms. The van der Waals surface area contributed by atoms with Gasteiger partial charge in [0.05, 0.1) is 10.9 Å². The van der Waals surface area contributed by atoms with Gasteiger partial charge in [0.2, 0.25) is 0 Å². The number of para-hydroxylation sites is 2. The van der Waals surface area contributed by atoms with E-state index in [4.69, 9.17) is 0 Å². The molecule has 1 amide bonds. The van der Waals surface area contributed by atoms with Crippen LogP contribution in [0.1, 0.15) is 34.6 Å². The van der Waals surface area contributed by atoms with Gasteiger partial charge in [0, 0.05) is 17.4 Å². The molecule has 0 saturated heterocycles. The van der Waals surface area contributed by atoms with Crippen molar-refractivity contribution in [2.75, 3.05) is 10.2 Å². The first-order valence-corrected chi connectivity index (χ1v) is 9.39. The molecule has 0 fully saturated rings. The number of hydrogen-bond acceptors (Lipinski definition) is 3. The molecule has 1 aliphatic heterocycles. The van der Waals surface area contributed by atoms with Crippen LogP contribution in [0.3, 0.4) is 0 Å². The Morgan fingerprint density at radius 1 is 1.04 bits per heavy atom. The third kappa shape index (κ3) is 3.05. The lowest BCUT2D eigenvalue weighted by Gasteiger charge is -2.38. The van der Waals surface area contributed by atoms with Crippen LogP contribution in [0.25, 0.3) is 0 Å². The third-order valence-corrected chi connectivity index (χ3v) is 5.45. The number of carbonyl (C=O) groups is 1. The van der Waals surface area contributed by atoms with E-state index < -0.39 is 0 Å². The molecule has 0 aliphatic carbocycles. The van der Waals surface area contributed by atoms with Crippen LogP contribution in [0.2, 0.25) is 0 Å². The highest BCUT2D eigenvalue weighted by Gasteiger charge is 2.33. The Morgan fingerprint density at radius 3 is 2.56 bits per heavy atom. The van der Waals surface area contributed by atoms with Crippen LogP contribution in [-0.4, -0.2) is 11.9 Å². The van der Waals surface area contributed by atoms with Crippen LogP contribution in [-0.2, 0) is 0 Å². The molecule has 0 unspecified atom stereocenters. The molecule has 0 saturated carbocycles. The Balaban J connectivity index is 1.83. The van der Waals surface area contributed by atoms with Crippen molar-refractivity contribution in [1.82, 2.24) is 0 Å². The maximum Gasteiger partial charge on any atom is 0.268 e. The number of carbonyl (C=O) groups excluding carboxylic acids is 1. The fourth-order valence-electron chi connectivity index (χ4n) is 3.50. The lowest BCUT2D eigenvalue weighted by Crippen LogP contribution is -2.40. The van der Waals surface area contributed by atoms with Crippen molar-refractivity contribution in [2.45, 2.75) is 25.4 Å². The highest BCUT2D eigenvalue weighted by Crippen LogP contribution is 2.39. The van der Waals surface area contributed by atoms with E-state index >= 15 is 0 Å². The molecule has 25 heavy (non-hydrogen) atoms. The van der Waals surface area contributed by atoms with Gasteiger partial charge in [-0.25, -0.2) is 0 Å². The number of benzene rings is 2. The average Bonchev–Trinajstić information content (AvgIpc) is 3.17. The molecule has 4 heteroatoms. The number of anilines is 2. The number of amides is 1. The summed E-state index contributed by atoms with van der Waals surface area (Å²) in [6, 6.07) is 22.4. The second-order valence-electron chi connectivity index (χ2n) is 6.37. The van der Waals surface area contributed by atoms with Crippen molar-refractivity contribution < 1.29 is 4.79 Å². The van der Waals surface area contributed by atoms with Gasteiger partial charge < -0.3 is 10.2 Å². The quantitative estimate of drug-likeness (QED) is 0.693. The van der Waals surface area contributed by atoms with Crippen LogP contribution in [0.5, 0.6) is 0 Å². The van der Waals surface area contributed by atoms with E-state index in [1.54, 1.807) is 0 Å². The number of fused-ring (bicyclic) bond motifs is 1. The van der Waals surface area contributed by atoms with Crippen molar-refractivity contribution in [1.29, 1.82) is 0 Å². The smallest absolute Gasteiger partial charge is 0.268 e. The molecular formula is C21H20N2OS. The number of rotatable bonds is 3. The van der Waals surface area contributed by atoms with Crippen LogP contribution < -0.4 is 10.2 Å². The first-order chi connectivity index (χ1) is 12.2. The molecule has 0 spiro atoms. The number of hydrogen-bond donors (Lipinski definition) is 1. The predicted molar refractivity (Wildman–Crippen MR) is 104 cm³/mol. The van der Waals surface area contributed by atoms with Gasteiger partial charge >= 0.3 is 0 Å². The Labute approximate surface area is 151 Å². The monoisotopic (exact) mass is 348 g/mol. The Morgan fingerprint density at radius 2 is 1.80 bits per heavy atom. The molecule has 2 aromatic carbocycles. The minimum atomic E-state index is 0.0180. The van der Waals surface area contributed by atoms with E-state index in [9.17, 15) is 4.79 Å². The molecule has 3 nitrogen and oxygen atoms in total. The summed E-state index contributed by atoms with van der Waals surface area (Å²) in [5.41, 5.74) is 3.23. The predicted octanol–water partition coefficient (Wildman–Crippen LogP) is 5.34. The zero-order chi connectivity index (χ0) is 17.2. The van der Waals surface area contributed by atoms with Gasteiger partial charge in [-0.2, -0.15) is 0 Å². The number of nitrogens with zero attached hydrogens (tertiary/aromatic N) is 1. The van der Waals surface area contributed by atoms with Crippen LogP contribution in [0.4, 0.5) is 11.4 Å². The summed E-state index contributed by atoms with van der Waals surface area (Å²) in [6.07, 6.45) is 0.878. The van der Waals surface area contributed by atoms with E-state index in [1.807, 2.05) is 64.9 Å². The second-order valence-corrected chi connectivity index (χ2v) is 7.32. The van der Waals surface area contributed by atoms with Crippen LogP contribution in [0, 0.1) is 0 Å². The summed E-state index contributed by atoms with van der Waals surface area (Å²) < 4.78 is 0. The standard InChI is InChI=1S/C21H20N2OS/c1-15-14-19(17-10-5-6-11-18(17)22-15)23(16-8-3-2-4-9-16)21(24)20-12-7-13-25-20/h2-13,15,19,22H,14H2,1H3/t15-,19+/m0/s1. The van der Waals surface area contributed by atoms with Gasteiger partial charge in [-0.15, -0.1) is 11.3 Å². The van der Waals surface area contributed by atoms with Gasteiger partial charge in [-0.05, 0) is 48.6 Å². The van der Waals surface area contributed by atoms with Crippen LogP contribution in [0.15, 0.2) is 72.1 Å². The van der Waals surface area contributed by atoms with E-state index in [0.29, 0.717) is 6.04 Å². The Bertz CT molecular complexity index is 861. The van der Waals surface area contributed by atoms with Gasteiger partial charge in [0.1, 0.15) is 0 Å². The highest BCUT2D eigenvalue weighted by molar-refractivity contribution is 7.12. The third-order valence-electron chi connectivity index (χ3n) is 4.60. The van der Waals surface area contributed by atoms with Crippen LogP contribution >= 0.6 is 11.3 Å².